The largest absolute Gasteiger partial charge is 2.00 e. The van der Waals surface area contributed by atoms with E-state index < -0.39 is 0 Å². The van der Waals surface area contributed by atoms with Crippen LogP contribution in [0.2, 0.25) is 0 Å². The first-order valence-corrected chi connectivity index (χ1v) is 19.7. The van der Waals surface area contributed by atoms with Gasteiger partial charge in [-0.3, -0.25) is 9.59 Å². The average Bonchev–Trinajstić information content (AvgIpc) is 3.93. The van der Waals surface area contributed by atoms with Gasteiger partial charge in [0.05, 0.1) is 51.2 Å². The van der Waals surface area contributed by atoms with E-state index in [1.807, 2.05) is 93.6 Å². The minimum Gasteiger partial charge on any atom is -0.657 e. The third-order valence-corrected chi connectivity index (χ3v) is 11.5. The smallest absolute Gasteiger partial charge is 0.657 e. The van der Waals surface area contributed by atoms with Crippen LogP contribution in [0.25, 0.3) is 55.5 Å². The van der Waals surface area contributed by atoms with Crippen molar-refractivity contribution in [3.05, 3.63) is 142 Å². The van der Waals surface area contributed by atoms with Gasteiger partial charge in [0.15, 0.2) is 0 Å². The molecule has 3 aromatic heterocycles. The average molecular weight is 866 g/mol. The van der Waals surface area contributed by atoms with E-state index in [1.54, 1.807) is 14.2 Å². The zero-order chi connectivity index (χ0) is 42.8. The molecule has 0 spiro atoms. The van der Waals surface area contributed by atoms with Gasteiger partial charge < -0.3 is 28.9 Å². The minimum atomic E-state index is -0.319. The van der Waals surface area contributed by atoms with Gasteiger partial charge in [0.1, 0.15) is 11.5 Å². The number of carbonyl (C=O) groups is 2. The summed E-state index contributed by atoms with van der Waals surface area (Å²) in [6.45, 7) is 17.3. The van der Waals surface area contributed by atoms with Crippen molar-refractivity contribution in [2.75, 3.05) is 28.4 Å². The first-order valence-electron chi connectivity index (χ1n) is 19.7. The van der Waals surface area contributed by atoms with E-state index in [1.165, 1.54) is 14.2 Å². The molecule has 2 aliphatic heterocycles. The fraction of sp³-hybridized carbons (Fsp3) is 0.240. The predicted molar refractivity (Wildman–Crippen MR) is 238 cm³/mol. The second kappa shape index (κ2) is 18.5. The van der Waals surface area contributed by atoms with Crippen molar-refractivity contribution in [2.45, 2.75) is 53.4 Å². The Bertz CT molecular complexity index is 2810. The van der Waals surface area contributed by atoms with Crippen LogP contribution in [-0.2, 0) is 45.0 Å². The number of aryl methyl sites for hydroxylation is 3. The van der Waals surface area contributed by atoms with Crippen LogP contribution in [-0.4, -0.2) is 50.3 Å². The molecule has 5 aromatic rings. The topological polar surface area (TPSA) is 125 Å². The molecule has 8 bridgehead atoms. The summed E-state index contributed by atoms with van der Waals surface area (Å²) in [5, 5.41) is 0. The Morgan fingerprint density at radius 3 is 1.64 bits per heavy atom. The van der Waals surface area contributed by atoms with Gasteiger partial charge in [-0.25, -0.2) is 9.97 Å². The third kappa shape index (κ3) is 8.80. The third-order valence-electron chi connectivity index (χ3n) is 11.5. The Morgan fingerprint density at radius 1 is 0.574 bits per heavy atom. The van der Waals surface area contributed by atoms with Gasteiger partial charge >= 0.3 is 31.4 Å². The normalized spacial score (nSPS) is 12.2. The number of hydrogen-bond donors (Lipinski definition) is 0. The van der Waals surface area contributed by atoms with Crippen molar-refractivity contribution in [3.63, 3.8) is 0 Å². The van der Waals surface area contributed by atoms with E-state index in [2.05, 4.69) is 20.1 Å². The molecule has 7 rings (SSSR count). The molecule has 0 aliphatic carbocycles. The summed E-state index contributed by atoms with van der Waals surface area (Å²) < 4.78 is 21.0. The van der Waals surface area contributed by atoms with E-state index in [-0.39, 0.29) is 44.3 Å². The summed E-state index contributed by atoms with van der Waals surface area (Å²) in [5.74, 6) is 0.854. The first-order chi connectivity index (χ1) is 28.8. The number of aromatic nitrogens is 4. The van der Waals surface area contributed by atoms with Gasteiger partial charge in [-0.1, -0.05) is 78.4 Å². The van der Waals surface area contributed by atoms with Crippen molar-refractivity contribution in [1.29, 1.82) is 0 Å². The number of esters is 2. The maximum atomic E-state index is 12.5. The molecule has 0 radical (unpaired) electrons. The fourth-order valence-electron chi connectivity index (χ4n) is 7.89. The molecule has 2 aliphatic rings. The summed E-state index contributed by atoms with van der Waals surface area (Å²) in [6.07, 6.45) is 1.16. The molecule has 11 heteroatoms. The summed E-state index contributed by atoms with van der Waals surface area (Å²) in [7, 11) is 6.06. The van der Waals surface area contributed by atoms with E-state index >= 15 is 0 Å². The van der Waals surface area contributed by atoms with Gasteiger partial charge in [0.2, 0.25) is 0 Å². The number of nitrogens with zero attached hydrogens (tertiary/aromatic N) is 4. The molecule has 0 N–H and O–H groups in total. The Labute approximate surface area is 369 Å². The number of carbonyl (C=O) groups excluding carboxylic acids is 2. The molecule has 2 aromatic carbocycles. The second-order valence-electron chi connectivity index (χ2n) is 14.9. The summed E-state index contributed by atoms with van der Waals surface area (Å²) >= 11 is 0. The van der Waals surface area contributed by atoms with Gasteiger partial charge in [-0.05, 0) is 109 Å². The van der Waals surface area contributed by atoms with Crippen LogP contribution in [0.1, 0.15) is 89.3 Å². The van der Waals surface area contributed by atoms with Gasteiger partial charge in [-0.2, -0.15) is 0 Å². The number of methoxy groups -OCH3 is 4. The second-order valence-corrected chi connectivity index (χ2v) is 14.9. The predicted octanol–water partition coefficient (Wildman–Crippen LogP) is 9.90. The molecule has 0 saturated carbocycles. The van der Waals surface area contributed by atoms with Crippen LogP contribution < -0.4 is 19.4 Å². The van der Waals surface area contributed by atoms with Crippen molar-refractivity contribution < 1.29 is 48.0 Å². The van der Waals surface area contributed by atoms with Crippen LogP contribution in [0, 0.1) is 13.8 Å². The molecule has 10 nitrogen and oxygen atoms in total. The molecule has 0 fully saturated rings. The Hall–Kier alpha value is -6.32. The van der Waals surface area contributed by atoms with Crippen LogP contribution in [0.5, 0.6) is 11.5 Å². The van der Waals surface area contributed by atoms with Crippen molar-refractivity contribution in [1.82, 2.24) is 19.9 Å². The molecule has 5 heterocycles. The van der Waals surface area contributed by atoms with Crippen LogP contribution >= 0.6 is 0 Å². The fourth-order valence-corrected chi connectivity index (χ4v) is 7.89. The maximum absolute atomic E-state index is 12.5. The van der Waals surface area contributed by atoms with Crippen molar-refractivity contribution in [3.8, 4) is 11.5 Å². The number of hydrogen-bond acceptors (Lipinski definition) is 8. The zero-order valence-electron chi connectivity index (χ0n) is 36.1. The Morgan fingerprint density at radius 2 is 1.05 bits per heavy atom. The van der Waals surface area contributed by atoms with E-state index in [9.17, 15) is 9.59 Å². The quantitative estimate of drug-likeness (QED) is 0.0884. The molecular formula is C50H48N4O6Zn. The molecule has 306 valence electrons. The van der Waals surface area contributed by atoms with Crippen LogP contribution in [0.4, 0.5) is 0 Å². The molecule has 0 unspecified atom stereocenters. The van der Waals surface area contributed by atoms with Gasteiger partial charge in [0, 0.05) is 18.4 Å². The van der Waals surface area contributed by atoms with Crippen molar-refractivity contribution >= 4 is 67.4 Å². The molecule has 0 atom stereocenters. The van der Waals surface area contributed by atoms with Crippen LogP contribution in [0.15, 0.2) is 86.0 Å². The first kappa shape index (κ1) is 44.2. The van der Waals surface area contributed by atoms with E-state index in [0.717, 1.165) is 95.2 Å². The van der Waals surface area contributed by atoms with E-state index in [4.69, 9.17) is 38.9 Å². The zero-order valence-corrected chi connectivity index (χ0v) is 39.1. The Kier molecular flexibility index (Phi) is 13.4. The standard InChI is InChI=1S/C50H48N4O6.Zn/c1-27(33-11-15-35(57-7)16-12-33)49-31(5)41-23-39-29(3)37(19-21-47(55)59-9)43(51-39)26-44-38(20-22-48(56)60-10)30(4)40(52-44)24-45-50(32(6)42(54-45)25-46(49)53-41)28(2)34-13-17-36(58-8)18-14-34;/h11-18,23-26H,1-2,19-22H2,3-10H3;/q-2;+2. The van der Waals surface area contributed by atoms with Gasteiger partial charge in [-0.15, -0.1) is 22.1 Å². The number of rotatable bonds is 12. The van der Waals surface area contributed by atoms with Gasteiger partial charge in [0.25, 0.3) is 0 Å². The minimum absolute atomic E-state index is 0. The molecule has 0 amide bonds. The van der Waals surface area contributed by atoms with Crippen LogP contribution in [0.3, 0.4) is 0 Å². The summed E-state index contributed by atoms with van der Waals surface area (Å²) in [5.41, 5.74) is 16.3. The Balaban J connectivity index is 0.00000622. The SMILES string of the molecule is C=C(C1=C(C)c2cc3[n-]c(cc4nc(cc5[n-]c(cc1n2)c(C)c5CCC(=O)OC)C(CCC(=O)OC)=C4C)c(C)c3C(=C)c1ccc(OC)cc1)c1ccc(OC)cc1.[Zn+2]. The van der Waals surface area contributed by atoms with E-state index in [0.29, 0.717) is 40.8 Å². The number of fused-ring (bicyclic) bond motifs is 8. The number of allylic oxidation sites excluding steroid dienone is 5. The number of benzene rings is 2. The summed E-state index contributed by atoms with van der Waals surface area (Å²) in [6, 6.07) is 23.6. The molecule has 0 saturated heterocycles. The maximum Gasteiger partial charge on any atom is 2.00 e. The molecular weight excluding hydrogens is 818 g/mol. The van der Waals surface area contributed by atoms with Crippen molar-refractivity contribution in [2.24, 2.45) is 0 Å². The summed E-state index contributed by atoms with van der Waals surface area (Å²) in [4.78, 5) is 45.8. The molecule has 61 heavy (non-hydrogen) atoms. The number of ether oxygens (including phenoxy) is 4. The monoisotopic (exact) mass is 864 g/mol.